The summed E-state index contributed by atoms with van der Waals surface area (Å²) in [5.74, 6) is -1.84. The van der Waals surface area contributed by atoms with Crippen molar-refractivity contribution < 1.29 is 31.9 Å². The molecule has 10 heteroatoms. The maximum absolute atomic E-state index is 14.4. The van der Waals surface area contributed by atoms with Crippen LogP contribution in [0.1, 0.15) is 33.9 Å². The van der Waals surface area contributed by atoms with E-state index in [2.05, 4.69) is 15.4 Å². The number of alkyl carbamates (subject to hydrolysis) is 1. The SMILES string of the molecule is O=C(N[C@H]1CCc2c(C(=O)Nc3ccc(F)c(Cl)c3)ccc(F)c21)OCC(F)F. The van der Waals surface area contributed by atoms with E-state index in [1.165, 1.54) is 18.2 Å². The Balaban J connectivity index is 1.79. The van der Waals surface area contributed by atoms with Crippen LogP contribution in [0.15, 0.2) is 30.3 Å². The van der Waals surface area contributed by atoms with Gasteiger partial charge in [-0.15, -0.1) is 0 Å². The summed E-state index contributed by atoms with van der Waals surface area (Å²) in [5, 5.41) is 4.72. The number of halogens is 5. The minimum atomic E-state index is -2.82. The van der Waals surface area contributed by atoms with E-state index < -0.39 is 42.7 Å². The number of amides is 2. The topological polar surface area (TPSA) is 67.4 Å². The molecule has 29 heavy (non-hydrogen) atoms. The van der Waals surface area contributed by atoms with E-state index in [-0.39, 0.29) is 34.7 Å². The molecule has 0 spiro atoms. The normalized spacial score (nSPS) is 15.2. The summed E-state index contributed by atoms with van der Waals surface area (Å²) in [6.07, 6.45) is -3.37. The fourth-order valence-electron chi connectivity index (χ4n) is 3.17. The lowest BCUT2D eigenvalue weighted by atomic mass is 10.0. The first-order chi connectivity index (χ1) is 13.8. The molecular weight excluding hydrogens is 416 g/mol. The van der Waals surface area contributed by atoms with Crippen molar-refractivity contribution >= 4 is 29.3 Å². The molecule has 3 rings (SSSR count). The lowest BCUT2D eigenvalue weighted by Gasteiger charge is -2.16. The second kappa shape index (κ2) is 8.69. The summed E-state index contributed by atoms with van der Waals surface area (Å²) in [6, 6.07) is 5.22. The van der Waals surface area contributed by atoms with Crippen LogP contribution >= 0.6 is 11.6 Å². The number of anilines is 1. The first kappa shape index (κ1) is 20.9. The molecule has 1 aliphatic rings. The molecule has 0 aliphatic heterocycles. The van der Waals surface area contributed by atoms with Gasteiger partial charge in [-0.2, -0.15) is 0 Å². The summed E-state index contributed by atoms with van der Waals surface area (Å²) in [4.78, 5) is 24.3. The molecule has 2 amide bonds. The third kappa shape index (κ3) is 4.79. The minimum Gasteiger partial charge on any atom is -0.443 e. The molecular formula is C19H15ClF4N2O3. The fraction of sp³-hybridized carbons (Fsp3) is 0.263. The zero-order valence-corrected chi connectivity index (χ0v) is 15.5. The van der Waals surface area contributed by atoms with Gasteiger partial charge in [0, 0.05) is 16.8 Å². The van der Waals surface area contributed by atoms with Gasteiger partial charge in [-0.25, -0.2) is 22.4 Å². The van der Waals surface area contributed by atoms with Crippen molar-refractivity contribution in [2.75, 3.05) is 11.9 Å². The third-order valence-corrected chi connectivity index (χ3v) is 4.68. The molecule has 0 heterocycles. The number of nitrogens with one attached hydrogen (secondary N) is 2. The summed E-state index contributed by atoms with van der Waals surface area (Å²) in [5.41, 5.74) is 0.911. The number of benzene rings is 2. The Labute approximate surface area is 168 Å². The van der Waals surface area contributed by atoms with Crippen LogP contribution in [0.4, 0.5) is 28.0 Å². The van der Waals surface area contributed by atoms with Gasteiger partial charge >= 0.3 is 6.09 Å². The zero-order chi connectivity index (χ0) is 21.1. The molecule has 1 aliphatic carbocycles. The lowest BCUT2D eigenvalue weighted by Crippen LogP contribution is -2.29. The molecule has 0 aromatic heterocycles. The van der Waals surface area contributed by atoms with Crippen molar-refractivity contribution in [3.8, 4) is 0 Å². The first-order valence-corrected chi connectivity index (χ1v) is 8.93. The van der Waals surface area contributed by atoms with Crippen molar-refractivity contribution in [3.05, 3.63) is 63.7 Å². The van der Waals surface area contributed by atoms with Gasteiger partial charge in [-0.1, -0.05) is 11.6 Å². The maximum atomic E-state index is 14.4. The fourth-order valence-corrected chi connectivity index (χ4v) is 3.35. The van der Waals surface area contributed by atoms with Gasteiger partial charge in [0.05, 0.1) is 11.1 Å². The quantitative estimate of drug-likeness (QED) is 0.666. The Morgan fingerprint density at radius 3 is 2.59 bits per heavy atom. The van der Waals surface area contributed by atoms with E-state index in [4.69, 9.17) is 11.6 Å². The van der Waals surface area contributed by atoms with Gasteiger partial charge in [0.2, 0.25) is 0 Å². The zero-order valence-electron chi connectivity index (χ0n) is 14.8. The van der Waals surface area contributed by atoms with Crippen molar-refractivity contribution in [1.29, 1.82) is 0 Å². The number of fused-ring (bicyclic) bond motifs is 1. The Hall–Kier alpha value is -2.81. The van der Waals surface area contributed by atoms with Crippen molar-refractivity contribution in [1.82, 2.24) is 5.32 Å². The summed E-state index contributed by atoms with van der Waals surface area (Å²) >= 11 is 5.70. The second-order valence-electron chi connectivity index (χ2n) is 6.30. The van der Waals surface area contributed by atoms with Gasteiger partial charge in [-0.3, -0.25) is 4.79 Å². The van der Waals surface area contributed by atoms with E-state index in [0.29, 0.717) is 5.56 Å². The Bertz CT molecular complexity index is 955. The van der Waals surface area contributed by atoms with Gasteiger partial charge < -0.3 is 15.4 Å². The smallest absolute Gasteiger partial charge is 0.407 e. The van der Waals surface area contributed by atoms with Crippen molar-refractivity contribution in [3.63, 3.8) is 0 Å². The van der Waals surface area contributed by atoms with Gasteiger partial charge in [0.1, 0.15) is 11.6 Å². The van der Waals surface area contributed by atoms with Crippen LogP contribution in [0.25, 0.3) is 0 Å². The highest BCUT2D eigenvalue weighted by molar-refractivity contribution is 6.31. The Morgan fingerprint density at radius 1 is 1.17 bits per heavy atom. The number of ether oxygens (including phenoxy) is 1. The van der Waals surface area contributed by atoms with Crippen LogP contribution in [-0.2, 0) is 11.2 Å². The predicted octanol–water partition coefficient (Wildman–Crippen LogP) is 4.85. The van der Waals surface area contributed by atoms with Crippen LogP contribution < -0.4 is 10.6 Å². The molecule has 1 atom stereocenters. The summed E-state index contributed by atoms with van der Waals surface area (Å²) in [7, 11) is 0. The number of carbonyl (C=O) groups excluding carboxylic acids is 2. The number of alkyl halides is 2. The van der Waals surface area contributed by atoms with Crippen molar-refractivity contribution in [2.24, 2.45) is 0 Å². The van der Waals surface area contributed by atoms with E-state index in [0.717, 1.165) is 12.1 Å². The molecule has 0 saturated carbocycles. The number of carbonyl (C=O) groups is 2. The van der Waals surface area contributed by atoms with Crippen LogP contribution in [0.3, 0.4) is 0 Å². The average molecular weight is 431 g/mol. The molecule has 5 nitrogen and oxygen atoms in total. The molecule has 2 N–H and O–H groups in total. The van der Waals surface area contributed by atoms with E-state index in [1.54, 1.807) is 0 Å². The number of rotatable bonds is 5. The minimum absolute atomic E-state index is 0.101. The lowest BCUT2D eigenvalue weighted by molar-refractivity contribution is 0.0475. The largest absolute Gasteiger partial charge is 0.443 e. The first-order valence-electron chi connectivity index (χ1n) is 8.55. The highest BCUT2D eigenvalue weighted by Gasteiger charge is 2.31. The van der Waals surface area contributed by atoms with E-state index in [9.17, 15) is 27.2 Å². The third-order valence-electron chi connectivity index (χ3n) is 4.39. The maximum Gasteiger partial charge on any atom is 0.407 e. The highest BCUT2D eigenvalue weighted by Crippen LogP contribution is 2.36. The van der Waals surface area contributed by atoms with Crippen LogP contribution in [0, 0.1) is 11.6 Å². The molecule has 0 bridgehead atoms. The second-order valence-corrected chi connectivity index (χ2v) is 6.70. The van der Waals surface area contributed by atoms with Crippen LogP contribution in [-0.4, -0.2) is 25.0 Å². The standard InChI is InChI=1S/C19H15ClF4N2O3/c20-12-7-9(1-4-13(12)21)25-18(27)11-2-5-14(22)17-10(11)3-6-15(17)26-19(28)29-8-16(23)24/h1-2,4-5,7,15-16H,3,6,8H2,(H,25,27)(H,26,28)/t15-/m0/s1. The monoisotopic (exact) mass is 430 g/mol. The predicted molar refractivity (Wildman–Crippen MR) is 97.3 cm³/mol. The summed E-state index contributed by atoms with van der Waals surface area (Å²) < 4.78 is 56.3. The molecule has 0 radical (unpaired) electrons. The average Bonchev–Trinajstić information content (AvgIpc) is 3.07. The molecule has 0 saturated heterocycles. The number of hydrogen-bond donors (Lipinski definition) is 2. The van der Waals surface area contributed by atoms with Crippen LogP contribution in [0.2, 0.25) is 5.02 Å². The molecule has 154 valence electrons. The molecule has 0 fully saturated rings. The molecule has 2 aromatic carbocycles. The van der Waals surface area contributed by atoms with E-state index in [1.807, 2.05) is 0 Å². The molecule has 0 unspecified atom stereocenters. The van der Waals surface area contributed by atoms with E-state index >= 15 is 0 Å². The highest BCUT2D eigenvalue weighted by atomic mass is 35.5. The van der Waals surface area contributed by atoms with Crippen LogP contribution in [0.5, 0.6) is 0 Å². The van der Waals surface area contributed by atoms with Gasteiger partial charge in [0.15, 0.2) is 6.61 Å². The van der Waals surface area contributed by atoms with Gasteiger partial charge in [-0.05, 0) is 48.7 Å². The number of hydrogen-bond acceptors (Lipinski definition) is 3. The summed E-state index contributed by atoms with van der Waals surface area (Å²) in [6.45, 7) is -1.07. The van der Waals surface area contributed by atoms with Gasteiger partial charge in [0.25, 0.3) is 12.3 Å². The Morgan fingerprint density at radius 2 is 1.90 bits per heavy atom. The molecule has 2 aromatic rings. The van der Waals surface area contributed by atoms with Crippen molar-refractivity contribution in [2.45, 2.75) is 25.3 Å². The Kier molecular flexibility index (Phi) is 6.26.